The Morgan fingerprint density at radius 1 is 0.714 bits per heavy atom. The molecule has 1 N–H and O–H groups in total. The zero-order chi connectivity index (χ0) is 28.5. The molecule has 5 heterocycles. The number of fused-ring (bicyclic) bond motifs is 5. The van der Waals surface area contributed by atoms with Crippen molar-refractivity contribution in [1.82, 2.24) is 29.2 Å². The van der Waals surface area contributed by atoms with E-state index in [1.165, 1.54) is 111 Å². The van der Waals surface area contributed by atoms with Crippen molar-refractivity contribution in [2.75, 3.05) is 109 Å². The number of aromatic nitrogens is 2. The first-order valence-electron chi connectivity index (χ1n) is 16.3. The lowest BCUT2D eigenvalue weighted by molar-refractivity contribution is 0.153. The lowest BCUT2D eigenvalue weighted by Gasteiger charge is -2.33. The Morgan fingerprint density at radius 3 is 2.19 bits per heavy atom. The van der Waals surface area contributed by atoms with Gasteiger partial charge in [-0.3, -0.25) is 0 Å². The van der Waals surface area contributed by atoms with Crippen LogP contribution in [0.3, 0.4) is 0 Å². The van der Waals surface area contributed by atoms with Crippen LogP contribution in [0.2, 0.25) is 0 Å². The van der Waals surface area contributed by atoms with Crippen LogP contribution in [-0.2, 0) is 6.54 Å². The smallest absolute Gasteiger partial charge is 0.0989 e. The number of rotatable bonds is 9. The van der Waals surface area contributed by atoms with Gasteiger partial charge < -0.3 is 34.4 Å². The van der Waals surface area contributed by atoms with Gasteiger partial charge in [-0.05, 0) is 70.7 Å². The van der Waals surface area contributed by atoms with E-state index in [-0.39, 0.29) is 0 Å². The fraction of sp³-hybridized carbons (Fsp3) is 0.559. The number of aryl methyl sites for hydroxylation is 1. The van der Waals surface area contributed by atoms with E-state index < -0.39 is 0 Å². The number of pyridine rings is 1. The number of hydrogen-bond donors (Lipinski definition) is 1. The molecule has 0 radical (unpaired) electrons. The van der Waals surface area contributed by atoms with Crippen molar-refractivity contribution in [2.24, 2.45) is 0 Å². The van der Waals surface area contributed by atoms with Gasteiger partial charge in [0.1, 0.15) is 0 Å². The monoisotopic (exact) mass is 568 g/mol. The standard InChI is InChI=1S/C34H48N8/c1-37-18-22-39(23-19-37)13-5-12-35-27-10-11-31-29(26-27)32-34-33(28-8-3-4-9-30(28)36-32)41(16-7-17-42(31)34)15-6-14-40-24-20-38(2)21-25-40/h3-4,8-11,26,35H,5-7,12-25H2,1-2H3. The molecule has 8 heteroatoms. The van der Waals surface area contributed by atoms with Gasteiger partial charge in [0, 0.05) is 95.0 Å². The molecule has 0 unspecified atom stereocenters. The Kier molecular flexibility index (Phi) is 8.21. The number of likely N-dealkylation sites (N-methyl/N-ethyl adjacent to an activating group) is 2. The average molecular weight is 569 g/mol. The van der Waals surface area contributed by atoms with Gasteiger partial charge in [0.25, 0.3) is 0 Å². The molecule has 0 bridgehead atoms. The summed E-state index contributed by atoms with van der Waals surface area (Å²) in [6.45, 7) is 16.1. The van der Waals surface area contributed by atoms with Gasteiger partial charge in [-0.15, -0.1) is 0 Å². The summed E-state index contributed by atoms with van der Waals surface area (Å²) in [7, 11) is 4.46. The van der Waals surface area contributed by atoms with Crippen molar-refractivity contribution in [1.29, 1.82) is 0 Å². The number of nitrogens with zero attached hydrogens (tertiary/aromatic N) is 7. The lowest BCUT2D eigenvalue weighted by atomic mass is 10.1. The van der Waals surface area contributed by atoms with E-state index in [1.54, 1.807) is 0 Å². The molecule has 2 saturated heterocycles. The quantitative estimate of drug-likeness (QED) is 0.303. The predicted octanol–water partition coefficient (Wildman–Crippen LogP) is 4.24. The molecular weight excluding hydrogens is 520 g/mol. The summed E-state index contributed by atoms with van der Waals surface area (Å²) in [4.78, 5) is 18.1. The molecular formula is C34H48N8. The summed E-state index contributed by atoms with van der Waals surface area (Å²) in [6, 6.07) is 15.8. The second-order valence-electron chi connectivity index (χ2n) is 12.8. The van der Waals surface area contributed by atoms with Crippen LogP contribution >= 0.6 is 0 Å². The minimum absolute atomic E-state index is 0.999. The van der Waals surface area contributed by atoms with E-state index in [2.05, 4.69) is 90.9 Å². The average Bonchev–Trinajstić information content (AvgIpc) is 3.18. The van der Waals surface area contributed by atoms with Crippen LogP contribution in [-0.4, -0.2) is 128 Å². The summed E-state index contributed by atoms with van der Waals surface area (Å²) in [5.74, 6) is 0. The normalized spacial score (nSPS) is 19.7. The summed E-state index contributed by atoms with van der Waals surface area (Å²) in [5.41, 5.74) is 7.51. The molecule has 0 atom stereocenters. The maximum absolute atomic E-state index is 5.31. The minimum Gasteiger partial charge on any atom is -0.385 e. The highest BCUT2D eigenvalue weighted by Gasteiger charge is 2.25. The number of hydrogen-bond acceptors (Lipinski definition) is 7. The number of para-hydroxylation sites is 1. The zero-order valence-electron chi connectivity index (χ0n) is 25.7. The molecule has 0 spiro atoms. The maximum atomic E-state index is 5.31. The lowest BCUT2D eigenvalue weighted by Crippen LogP contribution is -2.45. The molecule has 3 aliphatic rings. The third-order valence-electron chi connectivity index (χ3n) is 9.85. The van der Waals surface area contributed by atoms with Gasteiger partial charge >= 0.3 is 0 Å². The number of benzene rings is 2. The zero-order valence-corrected chi connectivity index (χ0v) is 25.7. The molecule has 3 aliphatic heterocycles. The van der Waals surface area contributed by atoms with E-state index in [0.717, 1.165) is 43.6 Å². The highest BCUT2D eigenvalue weighted by molar-refractivity contribution is 6.17. The fourth-order valence-electron chi connectivity index (χ4n) is 7.29. The molecule has 2 aromatic heterocycles. The topological polar surface area (TPSA) is 46.1 Å². The highest BCUT2D eigenvalue weighted by Crippen LogP contribution is 2.41. The van der Waals surface area contributed by atoms with E-state index in [9.17, 15) is 0 Å². The number of anilines is 2. The second kappa shape index (κ2) is 12.4. The highest BCUT2D eigenvalue weighted by atomic mass is 15.3. The van der Waals surface area contributed by atoms with Gasteiger partial charge in [-0.1, -0.05) is 18.2 Å². The fourth-order valence-corrected chi connectivity index (χ4v) is 7.29. The van der Waals surface area contributed by atoms with Crippen LogP contribution < -0.4 is 10.2 Å². The number of piperazine rings is 2. The van der Waals surface area contributed by atoms with Gasteiger partial charge in [-0.25, -0.2) is 4.98 Å². The Labute approximate surface area is 250 Å². The largest absolute Gasteiger partial charge is 0.385 e. The molecule has 7 rings (SSSR count). The molecule has 0 saturated carbocycles. The minimum atomic E-state index is 0.999. The molecule has 2 aromatic carbocycles. The van der Waals surface area contributed by atoms with Crippen molar-refractivity contribution in [3.63, 3.8) is 0 Å². The Morgan fingerprint density at radius 2 is 1.43 bits per heavy atom. The third kappa shape index (κ3) is 5.70. The molecule has 8 nitrogen and oxygen atoms in total. The van der Waals surface area contributed by atoms with E-state index in [4.69, 9.17) is 4.98 Å². The first-order chi connectivity index (χ1) is 20.6. The molecule has 0 amide bonds. The van der Waals surface area contributed by atoms with Crippen LogP contribution in [0.15, 0.2) is 42.5 Å². The van der Waals surface area contributed by atoms with Crippen LogP contribution in [0.5, 0.6) is 0 Å². The van der Waals surface area contributed by atoms with Crippen LogP contribution in [0.25, 0.3) is 32.8 Å². The van der Waals surface area contributed by atoms with Crippen molar-refractivity contribution >= 4 is 44.2 Å². The predicted molar refractivity (Wildman–Crippen MR) is 177 cm³/mol. The molecule has 4 aromatic rings. The Bertz CT molecular complexity index is 1510. The summed E-state index contributed by atoms with van der Waals surface area (Å²) < 4.78 is 2.57. The van der Waals surface area contributed by atoms with E-state index >= 15 is 0 Å². The molecule has 0 aliphatic carbocycles. The van der Waals surface area contributed by atoms with Crippen molar-refractivity contribution < 1.29 is 0 Å². The van der Waals surface area contributed by atoms with Crippen molar-refractivity contribution in [2.45, 2.75) is 25.8 Å². The first kappa shape index (κ1) is 27.9. The third-order valence-corrected chi connectivity index (χ3v) is 9.85. The van der Waals surface area contributed by atoms with Gasteiger partial charge in [-0.2, -0.15) is 0 Å². The molecule has 2 fully saturated rings. The number of nitrogens with one attached hydrogen (secondary N) is 1. The van der Waals surface area contributed by atoms with Crippen LogP contribution in [0.4, 0.5) is 11.4 Å². The first-order valence-corrected chi connectivity index (χ1v) is 16.3. The molecule has 224 valence electrons. The van der Waals surface area contributed by atoms with Crippen LogP contribution in [0, 0.1) is 0 Å². The van der Waals surface area contributed by atoms with Crippen LogP contribution in [0.1, 0.15) is 19.3 Å². The Hall–Kier alpha value is -2.91. The van der Waals surface area contributed by atoms with E-state index in [0.29, 0.717) is 0 Å². The molecule has 42 heavy (non-hydrogen) atoms. The second-order valence-corrected chi connectivity index (χ2v) is 12.8. The van der Waals surface area contributed by atoms with Gasteiger partial charge in [0.2, 0.25) is 0 Å². The van der Waals surface area contributed by atoms with Crippen molar-refractivity contribution in [3.8, 4) is 0 Å². The van der Waals surface area contributed by atoms with Gasteiger partial charge in [0.05, 0.1) is 27.8 Å². The van der Waals surface area contributed by atoms with Gasteiger partial charge in [0.15, 0.2) is 0 Å². The maximum Gasteiger partial charge on any atom is 0.0989 e. The summed E-state index contributed by atoms with van der Waals surface area (Å²) in [6.07, 6.45) is 3.52. The van der Waals surface area contributed by atoms with Crippen molar-refractivity contribution in [3.05, 3.63) is 42.5 Å². The van der Waals surface area contributed by atoms with E-state index in [1.807, 2.05) is 0 Å². The SMILES string of the molecule is CN1CCN(CCCNc2ccc3c(c2)c2nc4ccccc4c4c2n3CCCN4CCCN2CCN(C)CC2)CC1. The summed E-state index contributed by atoms with van der Waals surface area (Å²) in [5, 5.41) is 6.30. The summed E-state index contributed by atoms with van der Waals surface area (Å²) >= 11 is 0. The Balaban J connectivity index is 1.14.